The van der Waals surface area contributed by atoms with Crippen molar-refractivity contribution in [1.29, 1.82) is 0 Å². The molecule has 0 bridgehead atoms. The summed E-state index contributed by atoms with van der Waals surface area (Å²) in [5.74, 6) is 0. The Morgan fingerprint density at radius 3 is 2.30 bits per heavy atom. The average molecular weight is 363 g/mol. The molecular weight excluding hydrogens is 340 g/mol. The maximum atomic E-state index is 11.6. The lowest BCUT2D eigenvalue weighted by Gasteiger charge is -2.21. The summed E-state index contributed by atoms with van der Waals surface area (Å²) in [6.45, 7) is 5.58. The van der Waals surface area contributed by atoms with E-state index in [0.717, 1.165) is 11.8 Å². The van der Waals surface area contributed by atoms with Crippen LogP contribution in [-0.4, -0.2) is 32.9 Å². The molecule has 0 saturated heterocycles. The first-order valence-corrected chi connectivity index (χ1v) is 9.43. The minimum atomic E-state index is -3.39. The molecule has 0 heterocycles. The predicted molar refractivity (Wildman–Crippen MR) is 91.0 cm³/mol. The molecule has 0 saturated carbocycles. The number of sulfonamides is 1. The Balaban J connectivity index is 2.67. The second-order valence-electron chi connectivity index (χ2n) is 6.21. The number of halogens is 1. The number of hydrogen-bond donors (Lipinski definition) is 2. The fourth-order valence-electron chi connectivity index (χ4n) is 1.88. The zero-order valence-electron chi connectivity index (χ0n) is 13.7. The zero-order valence-corrected chi connectivity index (χ0v) is 15.3. The number of nitrogens with one attached hydrogen (secondary N) is 2. The van der Waals surface area contributed by atoms with E-state index >= 15 is 0 Å². The minimum Gasteiger partial charge on any atom is -0.444 e. The molecule has 0 fully saturated rings. The maximum absolute atomic E-state index is 11.6. The van der Waals surface area contributed by atoms with Crippen molar-refractivity contribution in [2.75, 3.05) is 12.8 Å². The Labute approximate surface area is 142 Å². The molecule has 0 radical (unpaired) electrons. The Morgan fingerprint density at radius 2 is 1.83 bits per heavy atom. The third-order valence-electron chi connectivity index (χ3n) is 2.73. The topological polar surface area (TPSA) is 84.5 Å². The number of hydrogen-bond acceptors (Lipinski definition) is 4. The van der Waals surface area contributed by atoms with Crippen LogP contribution in [0.2, 0.25) is 5.02 Å². The van der Waals surface area contributed by atoms with Gasteiger partial charge in [0.2, 0.25) is 10.0 Å². The van der Waals surface area contributed by atoms with E-state index in [1.54, 1.807) is 45.0 Å². The second kappa shape index (κ2) is 7.99. The van der Waals surface area contributed by atoms with Crippen molar-refractivity contribution in [2.24, 2.45) is 0 Å². The lowest BCUT2D eigenvalue weighted by atomic mass is 10.1. The molecular formula is C15H23ClN2O4S. The fourth-order valence-corrected chi connectivity index (χ4v) is 2.78. The van der Waals surface area contributed by atoms with Crippen molar-refractivity contribution in [2.45, 2.75) is 38.8 Å². The number of benzene rings is 1. The molecule has 1 atom stereocenters. The highest BCUT2D eigenvalue weighted by molar-refractivity contribution is 7.88. The van der Waals surface area contributed by atoms with Crippen molar-refractivity contribution >= 4 is 27.7 Å². The van der Waals surface area contributed by atoms with Crippen molar-refractivity contribution in [1.82, 2.24) is 10.0 Å². The molecule has 1 aromatic rings. The number of amides is 1. The third-order valence-corrected chi connectivity index (χ3v) is 3.69. The normalized spacial score (nSPS) is 13.4. The van der Waals surface area contributed by atoms with Gasteiger partial charge in [0.1, 0.15) is 5.60 Å². The monoisotopic (exact) mass is 362 g/mol. The summed E-state index contributed by atoms with van der Waals surface area (Å²) in [4.78, 5) is 11.6. The van der Waals surface area contributed by atoms with Crippen LogP contribution in [-0.2, 0) is 14.8 Å². The summed E-state index contributed by atoms with van der Waals surface area (Å²) >= 11 is 5.84. The van der Waals surface area contributed by atoms with Crippen LogP contribution in [0.3, 0.4) is 0 Å². The summed E-state index contributed by atoms with van der Waals surface area (Å²) < 4.78 is 30.7. The molecule has 0 aliphatic carbocycles. The van der Waals surface area contributed by atoms with Crippen LogP contribution in [0.15, 0.2) is 24.3 Å². The number of rotatable bonds is 6. The Hall–Kier alpha value is -1.31. The van der Waals surface area contributed by atoms with Crippen molar-refractivity contribution in [3.63, 3.8) is 0 Å². The van der Waals surface area contributed by atoms with Gasteiger partial charge in [-0.15, -0.1) is 0 Å². The van der Waals surface area contributed by atoms with E-state index in [1.165, 1.54) is 0 Å². The van der Waals surface area contributed by atoms with Gasteiger partial charge in [0.15, 0.2) is 0 Å². The van der Waals surface area contributed by atoms with E-state index in [2.05, 4.69) is 10.0 Å². The van der Waals surface area contributed by atoms with Crippen LogP contribution in [0.5, 0.6) is 0 Å². The van der Waals surface area contributed by atoms with E-state index < -0.39 is 27.8 Å². The largest absolute Gasteiger partial charge is 0.444 e. The molecule has 0 aromatic heterocycles. The van der Waals surface area contributed by atoms with E-state index in [9.17, 15) is 13.2 Å². The van der Waals surface area contributed by atoms with E-state index in [0.29, 0.717) is 11.4 Å². The Bertz CT molecular complexity index is 624. The number of carbonyl (C=O) groups is 1. The van der Waals surface area contributed by atoms with E-state index in [1.807, 2.05) is 0 Å². The molecule has 0 aliphatic heterocycles. The number of alkyl carbamates (subject to hydrolysis) is 1. The van der Waals surface area contributed by atoms with Gasteiger partial charge in [0.25, 0.3) is 0 Å². The van der Waals surface area contributed by atoms with Gasteiger partial charge in [-0.05, 0) is 44.9 Å². The van der Waals surface area contributed by atoms with Crippen molar-refractivity contribution < 1.29 is 17.9 Å². The zero-order chi connectivity index (χ0) is 17.7. The highest BCUT2D eigenvalue weighted by Gasteiger charge is 2.18. The molecule has 23 heavy (non-hydrogen) atoms. The van der Waals surface area contributed by atoms with Crippen molar-refractivity contribution in [3.05, 3.63) is 34.9 Å². The lowest BCUT2D eigenvalue weighted by molar-refractivity contribution is 0.0526. The summed E-state index contributed by atoms with van der Waals surface area (Å²) in [5.41, 5.74) is 0.191. The van der Waals surface area contributed by atoms with Crippen molar-refractivity contribution in [3.8, 4) is 0 Å². The summed E-state index contributed by atoms with van der Waals surface area (Å²) in [6.07, 6.45) is 0.942. The molecule has 2 N–H and O–H groups in total. The van der Waals surface area contributed by atoms with Gasteiger partial charge in [0.05, 0.1) is 6.26 Å². The second-order valence-corrected chi connectivity index (χ2v) is 8.43. The summed E-state index contributed by atoms with van der Waals surface area (Å²) in [7, 11) is -3.39. The summed E-state index contributed by atoms with van der Waals surface area (Å²) in [5, 5.41) is 3.18. The maximum Gasteiger partial charge on any atom is 0.407 e. The average Bonchev–Trinajstić information content (AvgIpc) is 2.34. The smallest absolute Gasteiger partial charge is 0.407 e. The highest BCUT2D eigenvalue weighted by atomic mass is 35.5. The van der Waals surface area contributed by atoms with Gasteiger partial charge in [-0.25, -0.2) is 17.9 Å². The third kappa shape index (κ3) is 8.78. The molecule has 1 amide bonds. The first-order valence-electron chi connectivity index (χ1n) is 7.16. The highest BCUT2D eigenvalue weighted by Crippen LogP contribution is 2.20. The van der Waals surface area contributed by atoms with Gasteiger partial charge in [-0.3, -0.25) is 0 Å². The standard InChI is InChI=1S/C15H23ClN2O4S/c1-15(2,3)22-14(19)17-10-9-13(18-23(4,20)21)11-5-7-12(16)8-6-11/h5-8,13,18H,9-10H2,1-4H3,(H,17,19). The van der Waals surface area contributed by atoms with Crippen LogP contribution >= 0.6 is 11.6 Å². The van der Waals surface area contributed by atoms with Crippen LogP contribution in [0, 0.1) is 0 Å². The van der Waals surface area contributed by atoms with Crippen LogP contribution in [0.1, 0.15) is 38.8 Å². The van der Waals surface area contributed by atoms with E-state index in [4.69, 9.17) is 16.3 Å². The minimum absolute atomic E-state index is 0.269. The van der Waals surface area contributed by atoms with Gasteiger partial charge in [-0.2, -0.15) is 0 Å². The first kappa shape index (κ1) is 19.7. The molecule has 8 heteroatoms. The van der Waals surface area contributed by atoms with Gasteiger partial charge in [-0.1, -0.05) is 23.7 Å². The Kier molecular flexibility index (Phi) is 6.85. The molecule has 0 spiro atoms. The van der Waals surface area contributed by atoms with E-state index in [-0.39, 0.29) is 6.54 Å². The number of ether oxygens (including phenoxy) is 1. The Morgan fingerprint density at radius 1 is 1.26 bits per heavy atom. The predicted octanol–water partition coefficient (Wildman–Crippen LogP) is 2.85. The number of carbonyl (C=O) groups excluding carboxylic acids is 1. The fraction of sp³-hybridized carbons (Fsp3) is 0.533. The van der Waals surface area contributed by atoms with Crippen LogP contribution < -0.4 is 10.0 Å². The summed E-state index contributed by atoms with van der Waals surface area (Å²) in [6, 6.07) is 6.42. The molecule has 1 unspecified atom stereocenters. The van der Waals surface area contributed by atoms with Crippen LogP contribution in [0.25, 0.3) is 0 Å². The first-order chi connectivity index (χ1) is 10.5. The molecule has 1 rings (SSSR count). The SMILES string of the molecule is CC(C)(C)OC(=O)NCCC(NS(C)(=O)=O)c1ccc(Cl)cc1. The van der Waals surface area contributed by atoms with Gasteiger partial charge in [0, 0.05) is 17.6 Å². The molecule has 0 aliphatic rings. The molecule has 1 aromatic carbocycles. The van der Waals surface area contributed by atoms with Gasteiger partial charge < -0.3 is 10.1 Å². The van der Waals surface area contributed by atoms with Crippen LogP contribution in [0.4, 0.5) is 4.79 Å². The molecule has 130 valence electrons. The lowest BCUT2D eigenvalue weighted by Crippen LogP contribution is -2.35. The van der Waals surface area contributed by atoms with Gasteiger partial charge >= 0.3 is 6.09 Å². The quantitative estimate of drug-likeness (QED) is 0.814. The molecule has 6 nitrogen and oxygen atoms in total.